The average Bonchev–Trinajstić information content (AvgIpc) is 3.27. The van der Waals surface area contributed by atoms with Crippen molar-refractivity contribution < 1.29 is 29.3 Å². The lowest BCUT2D eigenvalue weighted by molar-refractivity contribution is -0.142. The third kappa shape index (κ3) is 7.79. The van der Waals surface area contributed by atoms with Crippen molar-refractivity contribution in [3.05, 3.63) is 11.6 Å². The molecule has 2 N–H and O–H groups in total. The molecule has 0 aromatic rings. The lowest BCUT2D eigenvalue weighted by atomic mass is 9.47. The highest BCUT2D eigenvalue weighted by molar-refractivity contribution is 5.72. The summed E-state index contributed by atoms with van der Waals surface area (Å²) in [5.41, 5.74) is 2.48. The van der Waals surface area contributed by atoms with Crippen LogP contribution in [-0.2, 0) is 19.1 Å². The smallest absolute Gasteiger partial charge is 0.317 e. The van der Waals surface area contributed by atoms with Crippen LogP contribution in [0.15, 0.2) is 11.6 Å². The standard InChI is InChI=1S/C35H59NO6/c1-24(2)7-6-8-25(3)29-11-12-30-28-10-9-26-21-27(13-15-34(26,4)31(28)14-16-35(29,30)5)42-20-19-41-18-17-36(22-32(37)38)23-33(39)40/h9,24-25,27-31H,6-8,10-23H2,1-5H3,(H,37,38)(H,39,40)/t25-,27+,28+,29-,30+,31+,34+,35-/m1/s1. The first-order valence-electron chi connectivity index (χ1n) is 17.0. The Labute approximate surface area is 254 Å². The Balaban J connectivity index is 1.24. The molecule has 0 spiro atoms. The van der Waals surface area contributed by atoms with E-state index in [2.05, 4.69) is 40.7 Å². The summed E-state index contributed by atoms with van der Waals surface area (Å²) >= 11 is 0. The molecule has 4 aliphatic carbocycles. The van der Waals surface area contributed by atoms with E-state index in [1.165, 1.54) is 62.7 Å². The SMILES string of the molecule is CC(C)CCC[C@@H](C)[C@H]1CC[C@H]2[C@@H]3CC=C4C[C@@H](OCCOCCN(CC(=O)O)CC(=O)O)CC[C@]4(C)[C@H]3CC[C@]12C. The Morgan fingerprint density at radius 3 is 2.38 bits per heavy atom. The Kier molecular flexibility index (Phi) is 11.6. The van der Waals surface area contributed by atoms with Crippen molar-refractivity contribution in [3.63, 3.8) is 0 Å². The van der Waals surface area contributed by atoms with Gasteiger partial charge in [0, 0.05) is 6.54 Å². The van der Waals surface area contributed by atoms with Crippen molar-refractivity contribution >= 4 is 11.9 Å². The predicted octanol–water partition coefficient (Wildman–Crippen LogP) is 6.90. The Bertz CT molecular complexity index is 934. The number of nitrogens with zero attached hydrogens (tertiary/aromatic N) is 1. The van der Waals surface area contributed by atoms with Gasteiger partial charge in [0.25, 0.3) is 0 Å². The predicted molar refractivity (Wildman–Crippen MR) is 165 cm³/mol. The van der Waals surface area contributed by atoms with Crippen molar-refractivity contribution in [1.82, 2.24) is 4.90 Å². The molecule has 0 bridgehead atoms. The number of hydrogen-bond acceptors (Lipinski definition) is 5. The van der Waals surface area contributed by atoms with Crippen LogP contribution in [-0.4, -0.2) is 72.6 Å². The van der Waals surface area contributed by atoms with Gasteiger partial charge in [0.05, 0.1) is 39.0 Å². The van der Waals surface area contributed by atoms with E-state index in [-0.39, 0.29) is 25.7 Å². The van der Waals surface area contributed by atoms with Crippen molar-refractivity contribution in [2.75, 3.05) is 39.5 Å². The lowest BCUT2D eigenvalue weighted by Gasteiger charge is -2.58. The summed E-state index contributed by atoms with van der Waals surface area (Å²) in [5.74, 6) is 3.04. The van der Waals surface area contributed by atoms with Gasteiger partial charge in [-0.25, -0.2) is 0 Å². The normalized spacial score (nSPS) is 34.9. The maximum Gasteiger partial charge on any atom is 0.317 e. The molecule has 0 unspecified atom stereocenters. The van der Waals surface area contributed by atoms with E-state index >= 15 is 0 Å². The number of ether oxygens (including phenoxy) is 2. The van der Waals surface area contributed by atoms with Crippen molar-refractivity contribution in [2.24, 2.45) is 46.3 Å². The molecule has 7 nitrogen and oxygen atoms in total. The molecular weight excluding hydrogens is 530 g/mol. The molecule has 0 radical (unpaired) electrons. The van der Waals surface area contributed by atoms with Gasteiger partial charge in [0.2, 0.25) is 0 Å². The van der Waals surface area contributed by atoms with Crippen LogP contribution in [0.2, 0.25) is 0 Å². The molecule has 4 rings (SSSR count). The number of allylic oxidation sites excluding steroid dienone is 1. The van der Waals surface area contributed by atoms with Gasteiger partial charge in [0.1, 0.15) is 0 Å². The average molecular weight is 590 g/mol. The Morgan fingerprint density at radius 1 is 0.952 bits per heavy atom. The minimum atomic E-state index is -1.04. The van der Waals surface area contributed by atoms with E-state index < -0.39 is 11.9 Å². The Morgan fingerprint density at radius 2 is 1.69 bits per heavy atom. The van der Waals surface area contributed by atoms with Gasteiger partial charge in [-0.1, -0.05) is 65.5 Å². The highest BCUT2D eigenvalue weighted by Crippen LogP contribution is 2.67. The second kappa shape index (κ2) is 14.6. The number of rotatable bonds is 16. The van der Waals surface area contributed by atoms with Crippen LogP contribution in [0.1, 0.15) is 105 Å². The van der Waals surface area contributed by atoms with Crippen molar-refractivity contribution in [3.8, 4) is 0 Å². The second-order valence-electron chi connectivity index (χ2n) is 15.1. The summed E-state index contributed by atoms with van der Waals surface area (Å²) in [6.45, 7) is 13.4. The summed E-state index contributed by atoms with van der Waals surface area (Å²) in [4.78, 5) is 23.3. The lowest BCUT2D eigenvalue weighted by Crippen LogP contribution is -2.51. The summed E-state index contributed by atoms with van der Waals surface area (Å²) < 4.78 is 11.9. The van der Waals surface area contributed by atoms with Crippen LogP contribution in [0, 0.1) is 46.3 Å². The number of carboxylic acids is 2. The first-order chi connectivity index (χ1) is 19.9. The molecule has 3 saturated carbocycles. The zero-order valence-electron chi connectivity index (χ0n) is 27.1. The Hall–Kier alpha value is -1.44. The molecule has 4 aliphatic rings. The highest BCUT2D eigenvalue weighted by Gasteiger charge is 2.59. The molecule has 0 amide bonds. The number of carboxylic acid groups (broad SMARTS) is 2. The topological polar surface area (TPSA) is 96.3 Å². The van der Waals surface area contributed by atoms with Crippen LogP contribution in [0.4, 0.5) is 0 Å². The summed E-state index contributed by atoms with van der Waals surface area (Å²) in [7, 11) is 0. The van der Waals surface area contributed by atoms with Gasteiger partial charge in [-0.15, -0.1) is 0 Å². The molecular formula is C35H59NO6. The van der Waals surface area contributed by atoms with Gasteiger partial charge >= 0.3 is 11.9 Å². The van der Waals surface area contributed by atoms with E-state index in [1.54, 1.807) is 5.57 Å². The molecule has 3 fully saturated rings. The largest absolute Gasteiger partial charge is 0.480 e. The molecule has 0 saturated heterocycles. The summed E-state index contributed by atoms with van der Waals surface area (Å²) in [6.07, 6.45) is 17.3. The quantitative estimate of drug-likeness (QED) is 0.149. The van der Waals surface area contributed by atoms with Crippen LogP contribution in [0.25, 0.3) is 0 Å². The van der Waals surface area contributed by atoms with Gasteiger partial charge < -0.3 is 19.7 Å². The van der Waals surface area contributed by atoms with Crippen LogP contribution in [0.5, 0.6) is 0 Å². The van der Waals surface area contributed by atoms with Gasteiger partial charge in [-0.05, 0) is 97.7 Å². The third-order valence-electron chi connectivity index (χ3n) is 12.1. The molecule has 42 heavy (non-hydrogen) atoms. The fourth-order valence-electron chi connectivity index (χ4n) is 9.96. The summed E-state index contributed by atoms with van der Waals surface area (Å²) in [5, 5.41) is 17.9. The third-order valence-corrected chi connectivity index (χ3v) is 12.1. The van der Waals surface area contributed by atoms with E-state index in [0.29, 0.717) is 30.7 Å². The highest BCUT2D eigenvalue weighted by atomic mass is 16.5. The van der Waals surface area contributed by atoms with Crippen LogP contribution < -0.4 is 0 Å². The van der Waals surface area contributed by atoms with E-state index in [0.717, 1.165) is 48.3 Å². The summed E-state index contributed by atoms with van der Waals surface area (Å²) in [6, 6.07) is 0. The monoisotopic (exact) mass is 589 g/mol. The minimum absolute atomic E-state index is 0.233. The molecule has 7 heteroatoms. The molecule has 8 atom stereocenters. The molecule has 0 aromatic heterocycles. The van der Waals surface area contributed by atoms with E-state index in [1.807, 2.05) is 0 Å². The number of carbonyl (C=O) groups is 2. The van der Waals surface area contributed by atoms with Crippen LogP contribution in [0.3, 0.4) is 0 Å². The van der Waals surface area contributed by atoms with Gasteiger partial charge in [0.15, 0.2) is 0 Å². The van der Waals surface area contributed by atoms with Gasteiger partial charge in [-0.2, -0.15) is 0 Å². The number of fused-ring (bicyclic) bond motifs is 5. The fourth-order valence-corrected chi connectivity index (χ4v) is 9.96. The molecule has 240 valence electrons. The number of aliphatic carboxylic acids is 2. The van der Waals surface area contributed by atoms with Crippen molar-refractivity contribution in [1.29, 1.82) is 0 Å². The van der Waals surface area contributed by atoms with Crippen LogP contribution >= 0.6 is 0 Å². The number of hydrogen-bond donors (Lipinski definition) is 2. The molecule has 0 aromatic carbocycles. The van der Waals surface area contributed by atoms with E-state index in [4.69, 9.17) is 19.7 Å². The maximum atomic E-state index is 11.0. The maximum absolute atomic E-state index is 11.0. The molecule has 0 aliphatic heterocycles. The molecule has 0 heterocycles. The van der Waals surface area contributed by atoms with E-state index in [9.17, 15) is 9.59 Å². The first kappa shape index (κ1) is 33.5. The fraction of sp³-hybridized carbons (Fsp3) is 0.886. The second-order valence-corrected chi connectivity index (χ2v) is 15.1. The zero-order valence-corrected chi connectivity index (χ0v) is 27.1. The first-order valence-corrected chi connectivity index (χ1v) is 17.0. The minimum Gasteiger partial charge on any atom is -0.480 e. The van der Waals surface area contributed by atoms with Crippen molar-refractivity contribution in [2.45, 2.75) is 111 Å². The van der Waals surface area contributed by atoms with Gasteiger partial charge in [-0.3, -0.25) is 14.5 Å². The zero-order chi connectivity index (χ0) is 30.5.